The van der Waals surface area contributed by atoms with Gasteiger partial charge in [0.2, 0.25) is 5.91 Å². The number of nitrogens with zero attached hydrogens (tertiary/aromatic N) is 1. The highest BCUT2D eigenvalue weighted by Crippen LogP contribution is 2.23. The van der Waals surface area contributed by atoms with Crippen LogP contribution < -0.4 is 5.73 Å². The van der Waals surface area contributed by atoms with Crippen LogP contribution in [0.25, 0.3) is 0 Å². The Hall–Kier alpha value is -1.78. The van der Waals surface area contributed by atoms with Crippen molar-refractivity contribution in [2.45, 2.75) is 26.2 Å². The molecule has 18 heavy (non-hydrogen) atoms. The monoisotopic (exact) mass is 250 g/mol. The van der Waals surface area contributed by atoms with Crippen LogP contribution in [0.3, 0.4) is 0 Å². The average molecular weight is 250 g/mol. The van der Waals surface area contributed by atoms with Crippen molar-refractivity contribution in [1.29, 1.82) is 0 Å². The molecule has 2 N–H and O–H groups in total. The van der Waals surface area contributed by atoms with Gasteiger partial charge in [-0.3, -0.25) is 9.59 Å². The van der Waals surface area contributed by atoms with E-state index in [0.29, 0.717) is 25.1 Å². The van der Waals surface area contributed by atoms with E-state index in [1.165, 1.54) is 0 Å². The topological polar surface area (TPSA) is 76.5 Å². The van der Waals surface area contributed by atoms with Crippen molar-refractivity contribution in [2.75, 3.05) is 13.1 Å². The van der Waals surface area contributed by atoms with Gasteiger partial charge in [-0.1, -0.05) is 6.92 Å². The highest BCUT2D eigenvalue weighted by Gasteiger charge is 2.33. The number of furan rings is 1. The maximum absolute atomic E-state index is 12.2. The van der Waals surface area contributed by atoms with Crippen LogP contribution in [-0.4, -0.2) is 29.8 Å². The van der Waals surface area contributed by atoms with Gasteiger partial charge in [-0.05, 0) is 12.5 Å². The molecule has 0 saturated carbocycles. The summed E-state index contributed by atoms with van der Waals surface area (Å²) in [4.78, 5) is 24.6. The molecular weight excluding hydrogens is 232 g/mol. The number of amides is 2. The number of aryl methyl sites for hydroxylation is 1. The van der Waals surface area contributed by atoms with E-state index in [1.54, 1.807) is 17.2 Å². The lowest BCUT2D eigenvalue weighted by Gasteiger charge is -2.38. The summed E-state index contributed by atoms with van der Waals surface area (Å²) in [5.74, 6) is 0.656. The molecule has 5 heteroatoms. The Morgan fingerprint density at radius 2 is 2.22 bits per heavy atom. The molecule has 2 heterocycles. The van der Waals surface area contributed by atoms with Gasteiger partial charge in [0.15, 0.2) is 0 Å². The fraction of sp³-hybridized carbons (Fsp3) is 0.538. The molecule has 0 atom stereocenters. The van der Waals surface area contributed by atoms with Crippen LogP contribution in [-0.2, 0) is 11.2 Å². The number of nitrogens with two attached hydrogens (primary N) is 1. The van der Waals surface area contributed by atoms with E-state index in [0.717, 1.165) is 18.6 Å². The number of carbonyl (C=O) groups is 2. The number of hydrogen-bond donors (Lipinski definition) is 1. The van der Waals surface area contributed by atoms with Gasteiger partial charge in [-0.15, -0.1) is 0 Å². The number of primary amides is 1. The Bertz CT molecular complexity index is 447. The van der Waals surface area contributed by atoms with E-state index in [9.17, 15) is 9.59 Å². The van der Waals surface area contributed by atoms with E-state index >= 15 is 0 Å². The molecular formula is C13H18N2O3. The van der Waals surface area contributed by atoms with Crippen LogP contribution in [0, 0.1) is 5.92 Å². The first-order valence-corrected chi connectivity index (χ1v) is 6.25. The lowest BCUT2D eigenvalue weighted by molar-refractivity contribution is -0.119. The number of likely N-dealkylation sites (tertiary alicyclic amines) is 1. The molecule has 1 aromatic rings. The summed E-state index contributed by atoms with van der Waals surface area (Å²) >= 11 is 0. The predicted octanol–water partition coefficient (Wildman–Crippen LogP) is 1.18. The van der Waals surface area contributed by atoms with Gasteiger partial charge in [-0.25, -0.2) is 0 Å². The Labute approximate surface area is 106 Å². The Morgan fingerprint density at radius 3 is 2.83 bits per heavy atom. The highest BCUT2D eigenvalue weighted by atomic mass is 16.3. The summed E-state index contributed by atoms with van der Waals surface area (Å²) in [7, 11) is 0. The quantitative estimate of drug-likeness (QED) is 0.852. The molecule has 0 aliphatic carbocycles. The summed E-state index contributed by atoms with van der Waals surface area (Å²) < 4.78 is 5.31. The zero-order valence-electron chi connectivity index (χ0n) is 10.5. The molecule has 1 aliphatic rings. The first kappa shape index (κ1) is 12.7. The minimum Gasteiger partial charge on any atom is -0.469 e. The van der Waals surface area contributed by atoms with Gasteiger partial charge in [0, 0.05) is 31.8 Å². The van der Waals surface area contributed by atoms with E-state index in [2.05, 4.69) is 0 Å². The second-order valence-corrected chi connectivity index (χ2v) is 4.75. The third-order valence-corrected chi connectivity index (χ3v) is 3.19. The van der Waals surface area contributed by atoms with Crippen molar-refractivity contribution in [3.8, 4) is 0 Å². The highest BCUT2D eigenvalue weighted by molar-refractivity contribution is 5.95. The number of carbonyl (C=O) groups excluding carboxylic acids is 2. The molecule has 2 rings (SSSR count). The summed E-state index contributed by atoms with van der Waals surface area (Å²) in [6.45, 7) is 3.26. The molecule has 1 aliphatic heterocycles. The lowest BCUT2D eigenvalue weighted by Crippen LogP contribution is -2.51. The summed E-state index contributed by atoms with van der Waals surface area (Å²) in [6.07, 6.45) is 3.63. The van der Waals surface area contributed by atoms with E-state index < -0.39 is 0 Å². The molecule has 1 fully saturated rings. The molecule has 2 amide bonds. The van der Waals surface area contributed by atoms with Crippen molar-refractivity contribution >= 4 is 11.8 Å². The minimum atomic E-state index is -0.304. The summed E-state index contributed by atoms with van der Waals surface area (Å²) in [5.41, 5.74) is 5.77. The number of rotatable bonds is 5. The first-order valence-electron chi connectivity index (χ1n) is 6.25. The molecule has 0 bridgehead atoms. The van der Waals surface area contributed by atoms with Crippen molar-refractivity contribution in [2.24, 2.45) is 11.7 Å². The molecule has 0 unspecified atom stereocenters. The molecule has 5 nitrogen and oxygen atoms in total. The standard InChI is InChI=1S/C13H18N2O3/c1-2-3-11-10(4-5-18-11)13(17)15-7-9(8-15)6-12(14)16/h4-5,9H,2-3,6-8H2,1H3,(H2,14,16). The van der Waals surface area contributed by atoms with Crippen LogP contribution in [0.5, 0.6) is 0 Å². The van der Waals surface area contributed by atoms with Crippen molar-refractivity contribution in [3.05, 3.63) is 23.7 Å². The molecule has 98 valence electrons. The molecule has 1 aromatic heterocycles. The molecule has 0 radical (unpaired) electrons. The van der Waals surface area contributed by atoms with Crippen molar-refractivity contribution in [3.63, 3.8) is 0 Å². The average Bonchev–Trinajstić information content (AvgIpc) is 2.70. The van der Waals surface area contributed by atoms with Gasteiger partial charge in [0.05, 0.1) is 11.8 Å². The third kappa shape index (κ3) is 2.55. The Morgan fingerprint density at radius 1 is 1.50 bits per heavy atom. The molecule has 0 aromatic carbocycles. The molecule has 1 saturated heterocycles. The van der Waals surface area contributed by atoms with Gasteiger partial charge in [0.25, 0.3) is 5.91 Å². The van der Waals surface area contributed by atoms with Gasteiger partial charge in [0.1, 0.15) is 5.76 Å². The molecule has 0 spiro atoms. The third-order valence-electron chi connectivity index (χ3n) is 3.19. The largest absolute Gasteiger partial charge is 0.469 e. The van der Waals surface area contributed by atoms with Crippen LogP contribution in [0.1, 0.15) is 35.9 Å². The minimum absolute atomic E-state index is 0.00656. The summed E-state index contributed by atoms with van der Waals surface area (Å²) in [5, 5.41) is 0. The number of hydrogen-bond acceptors (Lipinski definition) is 3. The van der Waals surface area contributed by atoms with E-state index in [-0.39, 0.29) is 17.7 Å². The smallest absolute Gasteiger partial charge is 0.257 e. The van der Waals surface area contributed by atoms with E-state index in [4.69, 9.17) is 10.2 Å². The SMILES string of the molecule is CCCc1occc1C(=O)N1CC(CC(N)=O)C1. The maximum Gasteiger partial charge on any atom is 0.257 e. The first-order chi connectivity index (χ1) is 8.61. The second-order valence-electron chi connectivity index (χ2n) is 4.75. The zero-order chi connectivity index (χ0) is 13.1. The van der Waals surface area contributed by atoms with Crippen LogP contribution in [0.2, 0.25) is 0 Å². The Kier molecular flexibility index (Phi) is 3.69. The predicted molar refractivity (Wildman–Crippen MR) is 65.9 cm³/mol. The van der Waals surface area contributed by atoms with Crippen LogP contribution >= 0.6 is 0 Å². The summed E-state index contributed by atoms with van der Waals surface area (Å²) in [6, 6.07) is 1.72. The zero-order valence-corrected chi connectivity index (χ0v) is 10.5. The maximum atomic E-state index is 12.2. The second kappa shape index (κ2) is 5.25. The normalized spacial score (nSPS) is 15.5. The fourth-order valence-electron chi connectivity index (χ4n) is 2.27. The van der Waals surface area contributed by atoms with Crippen LogP contribution in [0.15, 0.2) is 16.7 Å². The van der Waals surface area contributed by atoms with E-state index in [1.807, 2.05) is 6.92 Å². The van der Waals surface area contributed by atoms with Gasteiger partial charge >= 0.3 is 0 Å². The lowest BCUT2D eigenvalue weighted by atomic mass is 9.95. The van der Waals surface area contributed by atoms with Crippen molar-refractivity contribution in [1.82, 2.24) is 4.90 Å². The van der Waals surface area contributed by atoms with Crippen molar-refractivity contribution < 1.29 is 14.0 Å². The van der Waals surface area contributed by atoms with Gasteiger partial charge < -0.3 is 15.1 Å². The van der Waals surface area contributed by atoms with Crippen LogP contribution in [0.4, 0.5) is 0 Å². The van der Waals surface area contributed by atoms with Gasteiger partial charge in [-0.2, -0.15) is 0 Å². The fourth-order valence-corrected chi connectivity index (χ4v) is 2.27. The Balaban J connectivity index is 1.93.